The van der Waals surface area contributed by atoms with E-state index in [-0.39, 0.29) is 12.2 Å². The number of halogens is 2. The molecule has 3 rings (SSSR count). The Morgan fingerprint density at radius 3 is 2.27 bits per heavy atom. The fourth-order valence-electron chi connectivity index (χ4n) is 2.30. The number of benzene rings is 3. The Hall–Kier alpha value is -3.35. The molecule has 6 nitrogen and oxygen atoms in total. The first-order valence-corrected chi connectivity index (χ1v) is 9.54. The van der Waals surface area contributed by atoms with Gasteiger partial charge in [-0.25, -0.2) is 10.2 Å². The SMILES string of the molecule is O=C(COc1ccc(Cl)cc1)N/N=C\c1ccc(OC(=O)c2ccccc2Cl)cc1. The Kier molecular flexibility index (Phi) is 7.43. The van der Waals surface area contributed by atoms with Crippen LogP contribution in [-0.4, -0.2) is 24.7 Å². The maximum atomic E-state index is 12.1. The number of carbonyl (C=O) groups is 2. The molecule has 1 amide bonds. The summed E-state index contributed by atoms with van der Waals surface area (Å²) in [7, 11) is 0. The predicted octanol–water partition coefficient (Wildman–Crippen LogP) is 4.74. The fourth-order valence-corrected chi connectivity index (χ4v) is 2.64. The van der Waals surface area contributed by atoms with Crippen molar-refractivity contribution in [2.75, 3.05) is 6.61 Å². The summed E-state index contributed by atoms with van der Waals surface area (Å²) >= 11 is 11.8. The van der Waals surface area contributed by atoms with Gasteiger partial charge in [0.15, 0.2) is 6.61 Å². The van der Waals surface area contributed by atoms with Crippen molar-refractivity contribution in [1.29, 1.82) is 0 Å². The van der Waals surface area contributed by atoms with Crippen molar-refractivity contribution in [2.45, 2.75) is 0 Å². The van der Waals surface area contributed by atoms with Crippen LogP contribution in [-0.2, 0) is 4.79 Å². The minimum atomic E-state index is -0.546. The zero-order valence-corrected chi connectivity index (χ0v) is 17.1. The lowest BCUT2D eigenvalue weighted by Crippen LogP contribution is -2.24. The third-order valence-corrected chi connectivity index (χ3v) is 4.35. The van der Waals surface area contributed by atoms with E-state index in [1.165, 1.54) is 6.21 Å². The quantitative estimate of drug-likeness (QED) is 0.248. The molecule has 8 heteroatoms. The van der Waals surface area contributed by atoms with E-state index < -0.39 is 11.9 Å². The van der Waals surface area contributed by atoms with Gasteiger partial charge >= 0.3 is 5.97 Å². The van der Waals surface area contributed by atoms with Gasteiger partial charge in [0.25, 0.3) is 5.91 Å². The van der Waals surface area contributed by atoms with Crippen LogP contribution in [0.25, 0.3) is 0 Å². The second kappa shape index (κ2) is 10.4. The number of hydrazone groups is 1. The number of carbonyl (C=O) groups excluding carboxylic acids is 2. The van der Waals surface area contributed by atoms with E-state index in [0.29, 0.717) is 27.1 Å². The van der Waals surface area contributed by atoms with Crippen molar-refractivity contribution in [1.82, 2.24) is 5.43 Å². The van der Waals surface area contributed by atoms with Gasteiger partial charge in [0.2, 0.25) is 0 Å². The number of nitrogens with one attached hydrogen (secondary N) is 1. The van der Waals surface area contributed by atoms with E-state index in [2.05, 4.69) is 10.5 Å². The first-order chi connectivity index (χ1) is 14.5. The van der Waals surface area contributed by atoms with Crippen molar-refractivity contribution in [3.63, 3.8) is 0 Å². The molecule has 0 aliphatic rings. The minimum absolute atomic E-state index is 0.185. The lowest BCUT2D eigenvalue weighted by molar-refractivity contribution is -0.123. The molecule has 152 valence electrons. The van der Waals surface area contributed by atoms with E-state index in [0.717, 1.165) is 0 Å². The largest absolute Gasteiger partial charge is 0.484 e. The molecule has 30 heavy (non-hydrogen) atoms. The van der Waals surface area contributed by atoms with Crippen LogP contribution < -0.4 is 14.9 Å². The first-order valence-electron chi connectivity index (χ1n) is 8.78. The molecule has 0 unspecified atom stereocenters. The standard InChI is InChI=1S/C22H16Cl2N2O4/c23-16-7-11-17(12-8-16)29-14-21(27)26-25-13-15-5-9-18(10-6-15)30-22(28)19-3-1-2-4-20(19)24/h1-13H,14H2,(H,26,27)/b25-13-. The highest BCUT2D eigenvalue weighted by atomic mass is 35.5. The molecule has 0 aliphatic heterocycles. The van der Waals surface area contributed by atoms with Crippen LogP contribution in [0.1, 0.15) is 15.9 Å². The zero-order valence-electron chi connectivity index (χ0n) is 15.5. The number of hydrogen-bond acceptors (Lipinski definition) is 5. The van der Waals surface area contributed by atoms with Gasteiger partial charge in [0.05, 0.1) is 16.8 Å². The molecule has 0 saturated heterocycles. The molecule has 0 radical (unpaired) electrons. The molecule has 3 aromatic rings. The second-order valence-electron chi connectivity index (χ2n) is 5.97. The first kappa shape index (κ1) is 21.4. The van der Waals surface area contributed by atoms with Gasteiger partial charge in [-0.3, -0.25) is 4.79 Å². The normalized spacial score (nSPS) is 10.6. The second-order valence-corrected chi connectivity index (χ2v) is 6.82. The highest BCUT2D eigenvalue weighted by molar-refractivity contribution is 6.33. The average Bonchev–Trinajstić information content (AvgIpc) is 2.75. The smallest absolute Gasteiger partial charge is 0.345 e. The Morgan fingerprint density at radius 2 is 1.57 bits per heavy atom. The van der Waals surface area contributed by atoms with Gasteiger partial charge in [0.1, 0.15) is 11.5 Å². The number of nitrogens with zero attached hydrogens (tertiary/aromatic N) is 1. The predicted molar refractivity (Wildman–Crippen MR) is 116 cm³/mol. The summed E-state index contributed by atoms with van der Waals surface area (Å²) in [5.74, 6) is -0.0700. The number of rotatable bonds is 7. The van der Waals surface area contributed by atoms with Crippen molar-refractivity contribution in [3.8, 4) is 11.5 Å². The van der Waals surface area contributed by atoms with Crippen LogP contribution in [0.5, 0.6) is 11.5 Å². The fraction of sp³-hybridized carbons (Fsp3) is 0.0455. The lowest BCUT2D eigenvalue weighted by atomic mass is 10.2. The Bertz CT molecular complexity index is 1050. The molecule has 0 aliphatic carbocycles. The van der Waals surface area contributed by atoms with Gasteiger partial charge in [0, 0.05) is 5.02 Å². The van der Waals surface area contributed by atoms with E-state index in [9.17, 15) is 9.59 Å². The number of hydrogen-bond donors (Lipinski definition) is 1. The Balaban J connectivity index is 1.47. The van der Waals surface area contributed by atoms with Gasteiger partial charge < -0.3 is 9.47 Å². The monoisotopic (exact) mass is 442 g/mol. The lowest BCUT2D eigenvalue weighted by Gasteiger charge is -2.06. The van der Waals surface area contributed by atoms with Crippen molar-refractivity contribution < 1.29 is 19.1 Å². The van der Waals surface area contributed by atoms with Crippen LogP contribution in [0.4, 0.5) is 0 Å². The summed E-state index contributed by atoms with van der Waals surface area (Å²) in [4.78, 5) is 23.9. The van der Waals surface area contributed by atoms with Gasteiger partial charge in [-0.2, -0.15) is 5.10 Å². The number of ether oxygens (including phenoxy) is 2. The summed E-state index contributed by atoms with van der Waals surface area (Å²) in [6, 6.07) is 19.9. The molecular formula is C22H16Cl2N2O4. The molecule has 3 aromatic carbocycles. The topological polar surface area (TPSA) is 77.0 Å². The molecular weight excluding hydrogens is 427 g/mol. The third-order valence-electron chi connectivity index (χ3n) is 3.77. The van der Waals surface area contributed by atoms with Crippen molar-refractivity contribution in [2.24, 2.45) is 5.10 Å². The molecule has 1 N–H and O–H groups in total. The van der Waals surface area contributed by atoms with E-state index >= 15 is 0 Å². The third kappa shape index (κ3) is 6.34. The van der Waals surface area contributed by atoms with Crippen molar-refractivity contribution in [3.05, 3.63) is 94.0 Å². The summed E-state index contributed by atoms with van der Waals surface area (Å²) in [5.41, 5.74) is 3.35. The average molecular weight is 443 g/mol. The van der Waals surface area contributed by atoms with Crippen LogP contribution >= 0.6 is 23.2 Å². The summed E-state index contributed by atoms with van der Waals surface area (Å²) < 4.78 is 10.6. The minimum Gasteiger partial charge on any atom is -0.484 e. The zero-order chi connectivity index (χ0) is 21.3. The van der Waals surface area contributed by atoms with E-state index in [1.54, 1.807) is 72.8 Å². The molecule has 0 fully saturated rings. The Labute approximate surface area is 183 Å². The Morgan fingerprint density at radius 1 is 0.900 bits per heavy atom. The van der Waals surface area contributed by atoms with Gasteiger partial charge in [-0.1, -0.05) is 35.3 Å². The number of amides is 1. The molecule has 0 atom stereocenters. The summed E-state index contributed by atoms with van der Waals surface area (Å²) in [6.07, 6.45) is 1.46. The molecule has 0 heterocycles. The highest BCUT2D eigenvalue weighted by Gasteiger charge is 2.11. The highest BCUT2D eigenvalue weighted by Crippen LogP contribution is 2.19. The van der Waals surface area contributed by atoms with Crippen LogP contribution in [0.2, 0.25) is 10.0 Å². The maximum absolute atomic E-state index is 12.1. The number of esters is 1. The van der Waals surface area contributed by atoms with Crippen molar-refractivity contribution >= 4 is 41.3 Å². The van der Waals surface area contributed by atoms with Gasteiger partial charge in [-0.05, 0) is 66.2 Å². The molecule has 0 bridgehead atoms. The van der Waals surface area contributed by atoms with Crippen LogP contribution in [0.3, 0.4) is 0 Å². The van der Waals surface area contributed by atoms with Gasteiger partial charge in [-0.15, -0.1) is 0 Å². The molecule has 0 saturated carbocycles. The summed E-state index contributed by atoms with van der Waals surface area (Å²) in [6.45, 7) is -0.185. The summed E-state index contributed by atoms with van der Waals surface area (Å²) in [5, 5.41) is 4.77. The van der Waals surface area contributed by atoms with E-state index in [4.69, 9.17) is 32.7 Å². The van der Waals surface area contributed by atoms with Crippen LogP contribution in [0.15, 0.2) is 77.9 Å². The van der Waals surface area contributed by atoms with E-state index in [1.807, 2.05) is 0 Å². The molecule has 0 spiro atoms. The van der Waals surface area contributed by atoms with Crippen LogP contribution in [0, 0.1) is 0 Å². The maximum Gasteiger partial charge on any atom is 0.345 e. The molecule has 0 aromatic heterocycles.